The topological polar surface area (TPSA) is 49.4 Å². The minimum absolute atomic E-state index is 0.0102. The van der Waals surface area contributed by atoms with E-state index in [0.29, 0.717) is 5.56 Å². The average Bonchev–Trinajstić information content (AvgIpc) is 2.31. The number of halogens is 2. The zero-order valence-corrected chi connectivity index (χ0v) is 10.5. The van der Waals surface area contributed by atoms with Gasteiger partial charge in [0.25, 0.3) is 0 Å². The predicted molar refractivity (Wildman–Crippen MR) is 64.4 cm³/mol. The number of hydrogen-bond donors (Lipinski definition) is 1. The highest BCUT2D eigenvalue weighted by molar-refractivity contribution is 6.31. The Hall–Kier alpha value is -1.62. The van der Waals surface area contributed by atoms with Gasteiger partial charge in [-0.25, -0.2) is 4.39 Å². The minimum Gasteiger partial charge on any atom is -0.343 e. The third kappa shape index (κ3) is 2.46. The van der Waals surface area contributed by atoms with E-state index in [0.717, 1.165) is 0 Å². The van der Waals surface area contributed by atoms with Gasteiger partial charge in [0.05, 0.1) is 11.6 Å². The Morgan fingerprint density at radius 3 is 2.94 bits per heavy atom. The fourth-order valence-corrected chi connectivity index (χ4v) is 2.07. The molecule has 1 N–H and O–H groups in total. The number of hydrogen-bond acceptors (Lipinski definition) is 2. The van der Waals surface area contributed by atoms with Crippen LogP contribution in [0.3, 0.4) is 0 Å². The molecule has 1 heterocycles. The molecule has 0 aliphatic carbocycles. The lowest BCUT2D eigenvalue weighted by Gasteiger charge is -2.31. The normalized spacial score (nSPS) is 19.9. The Labute approximate surface area is 109 Å². The third-order valence-electron chi connectivity index (χ3n) is 2.79. The minimum atomic E-state index is -0.557. The monoisotopic (exact) mass is 270 g/mol. The molecule has 18 heavy (non-hydrogen) atoms. The molecule has 0 bridgehead atoms. The summed E-state index contributed by atoms with van der Waals surface area (Å²) in [4.78, 5) is 24.6. The molecule has 1 unspecified atom stereocenters. The van der Waals surface area contributed by atoms with Gasteiger partial charge in [-0.2, -0.15) is 0 Å². The number of carbonyl (C=O) groups excluding carboxylic acids is 2. The van der Waals surface area contributed by atoms with Crippen molar-refractivity contribution in [2.24, 2.45) is 0 Å². The van der Waals surface area contributed by atoms with Crippen LogP contribution in [0.1, 0.15) is 12.5 Å². The van der Waals surface area contributed by atoms with E-state index >= 15 is 0 Å². The highest BCUT2D eigenvalue weighted by Crippen LogP contribution is 2.21. The molecule has 4 nitrogen and oxygen atoms in total. The summed E-state index contributed by atoms with van der Waals surface area (Å²) in [5.74, 6) is -0.958. The van der Waals surface area contributed by atoms with Crippen LogP contribution < -0.4 is 5.32 Å². The summed E-state index contributed by atoms with van der Waals surface area (Å²) in [6.07, 6.45) is 0. The van der Waals surface area contributed by atoms with E-state index in [1.807, 2.05) is 0 Å². The predicted octanol–water partition coefficient (Wildman–Crippen LogP) is 1.33. The van der Waals surface area contributed by atoms with E-state index < -0.39 is 11.9 Å². The number of benzene rings is 1. The van der Waals surface area contributed by atoms with Crippen molar-refractivity contribution in [3.8, 4) is 0 Å². The van der Waals surface area contributed by atoms with Gasteiger partial charge in [0, 0.05) is 6.54 Å². The number of amides is 2. The Balaban J connectivity index is 2.20. The van der Waals surface area contributed by atoms with Crippen molar-refractivity contribution in [3.63, 3.8) is 0 Å². The third-order valence-corrected chi connectivity index (χ3v) is 3.21. The van der Waals surface area contributed by atoms with Gasteiger partial charge < -0.3 is 10.2 Å². The Morgan fingerprint density at radius 2 is 2.22 bits per heavy atom. The van der Waals surface area contributed by atoms with E-state index in [2.05, 4.69) is 5.32 Å². The summed E-state index contributed by atoms with van der Waals surface area (Å²) in [7, 11) is 0. The number of nitrogens with one attached hydrogen (secondary N) is 1. The molecule has 1 saturated heterocycles. The van der Waals surface area contributed by atoms with Crippen LogP contribution in [0.15, 0.2) is 18.2 Å². The fourth-order valence-electron chi connectivity index (χ4n) is 1.88. The van der Waals surface area contributed by atoms with Crippen LogP contribution in [0.25, 0.3) is 0 Å². The summed E-state index contributed by atoms with van der Waals surface area (Å²) in [5, 5.41) is 2.52. The molecule has 96 valence electrons. The van der Waals surface area contributed by atoms with E-state index in [4.69, 9.17) is 11.6 Å². The molecule has 1 fully saturated rings. The number of carbonyl (C=O) groups is 2. The number of nitrogens with zero attached hydrogens (tertiary/aromatic N) is 1. The molecule has 1 aliphatic heterocycles. The summed E-state index contributed by atoms with van der Waals surface area (Å²) >= 11 is 5.82. The van der Waals surface area contributed by atoms with Gasteiger partial charge in [0.15, 0.2) is 0 Å². The first-order valence-corrected chi connectivity index (χ1v) is 5.88. The molecular weight excluding hydrogens is 259 g/mol. The Bertz CT molecular complexity index is 507. The molecule has 0 saturated carbocycles. The molecular formula is C12H12ClFN2O2. The lowest BCUT2D eigenvalue weighted by molar-refractivity contribution is -0.144. The lowest BCUT2D eigenvalue weighted by Crippen LogP contribution is -2.56. The van der Waals surface area contributed by atoms with Crippen molar-refractivity contribution in [3.05, 3.63) is 34.6 Å². The van der Waals surface area contributed by atoms with Gasteiger partial charge in [-0.1, -0.05) is 23.7 Å². The molecule has 2 rings (SSSR count). The molecule has 0 radical (unpaired) electrons. The van der Waals surface area contributed by atoms with Gasteiger partial charge in [-0.05, 0) is 18.6 Å². The maximum atomic E-state index is 13.3. The van der Waals surface area contributed by atoms with E-state index in [9.17, 15) is 14.0 Å². The highest BCUT2D eigenvalue weighted by Gasteiger charge is 2.29. The fraction of sp³-hybridized carbons (Fsp3) is 0.333. The van der Waals surface area contributed by atoms with Crippen LogP contribution in [-0.2, 0) is 16.1 Å². The van der Waals surface area contributed by atoms with Crippen LogP contribution in [0, 0.1) is 5.82 Å². The van der Waals surface area contributed by atoms with Gasteiger partial charge >= 0.3 is 0 Å². The van der Waals surface area contributed by atoms with Crippen LogP contribution in [0.4, 0.5) is 4.39 Å². The Kier molecular flexibility index (Phi) is 3.52. The van der Waals surface area contributed by atoms with Crippen molar-refractivity contribution < 1.29 is 14.0 Å². The van der Waals surface area contributed by atoms with E-state index in [1.54, 1.807) is 13.0 Å². The summed E-state index contributed by atoms with van der Waals surface area (Å²) in [5.41, 5.74) is 0.493. The van der Waals surface area contributed by atoms with Crippen LogP contribution >= 0.6 is 11.6 Å². The molecule has 1 atom stereocenters. The maximum Gasteiger partial charge on any atom is 0.245 e. The maximum absolute atomic E-state index is 13.3. The van der Waals surface area contributed by atoms with Crippen molar-refractivity contribution in [1.82, 2.24) is 10.2 Å². The molecule has 1 aromatic carbocycles. The smallest absolute Gasteiger partial charge is 0.245 e. The van der Waals surface area contributed by atoms with Crippen LogP contribution in [0.2, 0.25) is 5.02 Å². The summed E-state index contributed by atoms with van der Waals surface area (Å²) in [6.45, 7) is 1.71. The zero-order valence-electron chi connectivity index (χ0n) is 9.74. The van der Waals surface area contributed by atoms with Gasteiger partial charge in [0.1, 0.15) is 11.9 Å². The number of piperazine rings is 1. The molecule has 0 aromatic heterocycles. The molecule has 1 aromatic rings. The highest BCUT2D eigenvalue weighted by atomic mass is 35.5. The molecule has 2 amide bonds. The second-order valence-corrected chi connectivity index (χ2v) is 4.57. The SMILES string of the molecule is CC1NC(=O)CN(Cc2cccc(F)c2Cl)C1=O. The van der Waals surface area contributed by atoms with E-state index in [-0.39, 0.29) is 29.9 Å². The van der Waals surface area contributed by atoms with Gasteiger partial charge in [0.2, 0.25) is 11.8 Å². The summed E-state index contributed by atoms with van der Waals surface area (Å²) in [6, 6.07) is 3.85. The van der Waals surface area contributed by atoms with Crippen molar-refractivity contribution in [2.75, 3.05) is 6.54 Å². The zero-order chi connectivity index (χ0) is 13.3. The first-order valence-electron chi connectivity index (χ1n) is 5.50. The van der Waals surface area contributed by atoms with Crippen molar-refractivity contribution in [2.45, 2.75) is 19.5 Å². The largest absolute Gasteiger partial charge is 0.343 e. The van der Waals surface area contributed by atoms with Crippen LogP contribution in [-0.4, -0.2) is 29.3 Å². The second kappa shape index (κ2) is 4.94. The Morgan fingerprint density at radius 1 is 1.50 bits per heavy atom. The summed E-state index contributed by atoms with van der Waals surface area (Å²) < 4.78 is 13.3. The van der Waals surface area contributed by atoms with Crippen molar-refractivity contribution >= 4 is 23.4 Å². The molecule has 1 aliphatic rings. The molecule has 6 heteroatoms. The van der Waals surface area contributed by atoms with Gasteiger partial charge in [-0.15, -0.1) is 0 Å². The van der Waals surface area contributed by atoms with Crippen molar-refractivity contribution in [1.29, 1.82) is 0 Å². The van der Waals surface area contributed by atoms with E-state index in [1.165, 1.54) is 17.0 Å². The lowest BCUT2D eigenvalue weighted by atomic mass is 10.1. The number of rotatable bonds is 2. The quantitative estimate of drug-likeness (QED) is 0.881. The van der Waals surface area contributed by atoms with Gasteiger partial charge in [-0.3, -0.25) is 9.59 Å². The average molecular weight is 271 g/mol. The second-order valence-electron chi connectivity index (χ2n) is 4.20. The first kappa shape index (κ1) is 12.8. The van der Waals surface area contributed by atoms with Crippen LogP contribution in [0.5, 0.6) is 0 Å². The standard InChI is InChI=1S/C12H12ClFN2O2/c1-7-12(18)16(6-10(17)15-7)5-8-3-2-4-9(14)11(8)13/h2-4,7H,5-6H2,1H3,(H,15,17). The molecule has 0 spiro atoms. The first-order chi connectivity index (χ1) is 8.49.